The number of nitriles is 1. The molecule has 0 aliphatic carbocycles. The van der Waals surface area contributed by atoms with Gasteiger partial charge in [0.1, 0.15) is 11.7 Å². The van der Waals surface area contributed by atoms with Gasteiger partial charge in [-0.3, -0.25) is 0 Å². The number of pyridine rings is 1. The largest absolute Gasteiger partial charge is 0.394 e. The van der Waals surface area contributed by atoms with Gasteiger partial charge in [-0.2, -0.15) is 9.83 Å². The monoisotopic (exact) mass is 237 g/mol. The summed E-state index contributed by atoms with van der Waals surface area (Å²) in [4.78, 5) is 1.97. The predicted octanol–water partition coefficient (Wildman–Crippen LogP) is 0.761. The van der Waals surface area contributed by atoms with Crippen molar-refractivity contribution in [3.63, 3.8) is 0 Å². The Kier molecular flexibility index (Phi) is 2.20. The number of hydrogen-bond donors (Lipinski definition) is 1. The molecule has 2 aliphatic heterocycles. The van der Waals surface area contributed by atoms with Crippen molar-refractivity contribution < 1.29 is 4.57 Å². The first kappa shape index (κ1) is 10.6. The van der Waals surface area contributed by atoms with Crippen molar-refractivity contribution in [1.29, 1.82) is 5.26 Å². The van der Waals surface area contributed by atoms with Crippen molar-refractivity contribution >= 4 is 0 Å². The Morgan fingerprint density at radius 3 is 2.78 bits per heavy atom. The van der Waals surface area contributed by atoms with E-state index in [1.165, 1.54) is 0 Å². The maximum absolute atomic E-state index is 9.70. The van der Waals surface area contributed by atoms with E-state index in [1.807, 2.05) is 70.7 Å². The SMILES string of the molecule is N#CC1([n+]2ccccc2)C(N)=CN2C=CC=CC21. The van der Waals surface area contributed by atoms with E-state index in [2.05, 4.69) is 6.07 Å². The second kappa shape index (κ2) is 3.74. The smallest absolute Gasteiger partial charge is 0.317 e. The molecule has 88 valence electrons. The van der Waals surface area contributed by atoms with Crippen LogP contribution < -0.4 is 10.3 Å². The van der Waals surface area contributed by atoms with Gasteiger partial charge < -0.3 is 10.6 Å². The van der Waals surface area contributed by atoms with Gasteiger partial charge in [-0.25, -0.2) is 0 Å². The molecule has 1 aromatic heterocycles. The topological polar surface area (TPSA) is 56.9 Å². The number of aromatic nitrogens is 1. The summed E-state index contributed by atoms with van der Waals surface area (Å²) < 4.78 is 1.87. The molecule has 0 saturated carbocycles. The first-order valence-electron chi connectivity index (χ1n) is 5.77. The van der Waals surface area contributed by atoms with E-state index in [-0.39, 0.29) is 6.04 Å². The zero-order chi connectivity index (χ0) is 12.6. The highest BCUT2D eigenvalue weighted by Crippen LogP contribution is 2.34. The maximum Gasteiger partial charge on any atom is 0.317 e. The van der Waals surface area contributed by atoms with Crippen LogP contribution in [0.3, 0.4) is 0 Å². The highest BCUT2D eigenvalue weighted by molar-refractivity contribution is 5.36. The lowest BCUT2D eigenvalue weighted by atomic mass is 9.89. The Bertz CT molecular complexity index is 594. The van der Waals surface area contributed by atoms with Gasteiger partial charge in [-0.15, -0.1) is 0 Å². The Balaban J connectivity index is 2.18. The molecule has 1 aromatic rings. The highest BCUT2D eigenvalue weighted by atomic mass is 15.3. The molecule has 2 N–H and O–H groups in total. The Labute approximate surface area is 106 Å². The van der Waals surface area contributed by atoms with E-state index < -0.39 is 5.54 Å². The van der Waals surface area contributed by atoms with Crippen LogP contribution in [0.1, 0.15) is 0 Å². The quantitative estimate of drug-likeness (QED) is 0.734. The van der Waals surface area contributed by atoms with Crippen LogP contribution in [-0.4, -0.2) is 10.9 Å². The number of hydrogen-bond acceptors (Lipinski definition) is 3. The van der Waals surface area contributed by atoms with Crippen molar-refractivity contribution in [1.82, 2.24) is 4.90 Å². The summed E-state index contributed by atoms with van der Waals surface area (Å²) in [5.41, 5.74) is 5.81. The van der Waals surface area contributed by atoms with Crippen LogP contribution in [0.2, 0.25) is 0 Å². The van der Waals surface area contributed by atoms with Gasteiger partial charge in [0.15, 0.2) is 18.5 Å². The van der Waals surface area contributed by atoms with E-state index >= 15 is 0 Å². The van der Waals surface area contributed by atoms with Crippen LogP contribution in [-0.2, 0) is 5.54 Å². The molecule has 2 aliphatic rings. The molecule has 0 saturated heterocycles. The molecule has 4 nitrogen and oxygen atoms in total. The summed E-state index contributed by atoms with van der Waals surface area (Å²) in [5.74, 6) is 0. The van der Waals surface area contributed by atoms with Gasteiger partial charge in [0.05, 0.1) is 0 Å². The molecule has 0 amide bonds. The molecule has 0 aromatic carbocycles. The van der Waals surface area contributed by atoms with Crippen LogP contribution in [0.4, 0.5) is 0 Å². The molecule has 2 atom stereocenters. The summed E-state index contributed by atoms with van der Waals surface area (Å²) in [7, 11) is 0. The van der Waals surface area contributed by atoms with Crippen LogP contribution in [0, 0.1) is 11.3 Å². The van der Waals surface area contributed by atoms with Crippen LogP contribution >= 0.6 is 0 Å². The van der Waals surface area contributed by atoms with Gasteiger partial charge in [-0.05, 0) is 6.08 Å². The van der Waals surface area contributed by atoms with Crippen molar-refractivity contribution in [2.45, 2.75) is 11.6 Å². The maximum atomic E-state index is 9.70. The highest BCUT2D eigenvalue weighted by Gasteiger charge is 2.56. The second-order valence-corrected chi connectivity index (χ2v) is 4.36. The fourth-order valence-electron chi connectivity index (χ4n) is 2.54. The summed E-state index contributed by atoms with van der Waals surface area (Å²) >= 11 is 0. The van der Waals surface area contributed by atoms with Gasteiger partial charge in [0.25, 0.3) is 0 Å². The molecule has 0 bridgehead atoms. The van der Waals surface area contributed by atoms with Crippen LogP contribution in [0.25, 0.3) is 0 Å². The fraction of sp³-hybridized carbons (Fsp3) is 0.143. The lowest BCUT2D eigenvalue weighted by Gasteiger charge is -2.28. The lowest BCUT2D eigenvalue weighted by molar-refractivity contribution is -0.742. The first-order valence-corrected chi connectivity index (χ1v) is 5.77. The van der Waals surface area contributed by atoms with Crippen LogP contribution in [0.5, 0.6) is 0 Å². The lowest BCUT2D eigenvalue weighted by Crippen LogP contribution is -2.63. The number of nitrogens with zero attached hydrogens (tertiary/aromatic N) is 3. The van der Waals surface area contributed by atoms with E-state index in [1.54, 1.807) is 0 Å². The summed E-state index contributed by atoms with van der Waals surface area (Å²) in [6.45, 7) is 0. The summed E-state index contributed by atoms with van der Waals surface area (Å²) in [6, 6.07) is 8.01. The number of rotatable bonds is 1. The second-order valence-electron chi connectivity index (χ2n) is 4.36. The summed E-state index contributed by atoms with van der Waals surface area (Å²) in [5, 5.41) is 9.70. The molecule has 3 heterocycles. The van der Waals surface area contributed by atoms with Gasteiger partial charge in [-0.1, -0.05) is 18.2 Å². The van der Waals surface area contributed by atoms with E-state index in [4.69, 9.17) is 5.73 Å². The molecule has 18 heavy (non-hydrogen) atoms. The molecular weight excluding hydrogens is 224 g/mol. The van der Waals surface area contributed by atoms with Crippen molar-refractivity contribution in [3.8, 4) is 6.07 Å². The van der Waals surface area contributed by atoms with E-state index in [0.29, 0.717) is 5.70 Å². The van der Waals surface area contributed by atoms with Gasteiger partial charge >= 0.3 is 5.54 Å². The molecule has 0 spiro atoms. The fourth-order valence-corrected chi connectivity index (χ4v) is 2.54. The first-order chi connectivity index (χ1) is 8.79. The number of allylic oxidation sites excluding steroid dienone is 2. The molecular formula is C14H13N4+. The third-order valence-electron chi connectivity index (χ3n) is 3.43. The van der Waals surface area contributed by atoms with Crippen molar-refractivity contribution in [3.05, 3.63) is 66.9 Å². The Morgan fingerprint density at radius 2 is 2.06 bits per heavy atom. The van der Waals surface area contributed by atoms with E-state index in [0.717, 1.165) is 0 Å². The van der Waals surface area contributed by atoms with Gasteiger partial charge in [0.2, 0.25) is 0 Å². The standard InChI is InChI=1S/C14H13N4/c15-11-14(18-8-3-1-4-9-18)12(16)10-17-7-5-2-6-13(14)17/h1-10,13H,16H2/q+1. The predicted molar refractivity (Wildman–Crippen MR) is 66.4 cm³/mol. The zero-order valence-corrected chi connectivity index (χ0v) is 9.77. The minimum atomic E-state index is -0.872. The third kappa shape index (κ3) is 1.22. The molecule has 0 radical (unpaired) electrons. The normalized spacial score (nSPS) is 28.7. The minimum absolute atomic E-state index is 0.0973. The molecule has 4 heteroatoms. The number of fused-ring (bicyclic) bond motifs is 1. The third-order valence-corrected chi connectivity index (χ3v) is 3.43. The van der Waals surface area contributed by atoms with Crippen molar-refractivity contribution in [2.75, 3.05) is 0 Å². The summed E-state index contributed by atoms with van der Waals surface area (Å²) in [6.07, 6.45) is 13.4. The van der Waals surface area contributed by atoms with Crippen LogP contribution in [0.15, 0.2) is 66.9 Å². The minimum Gasteiger partial charge on any atom is -0.394 e. The Morgan fingerprint density at radius 1 is 1.28 bits per heavy atom. The Hall–Kier alpha value is -2.54. The van der Waals surface area contributed by atoms with Gasteiger partial charge in [0, 0.05) is 24.5 Å². The average Bonchev–Trinajstić information content (AvgIpc) is 2.72. The zero-order valence-electron chi connectivity index (χ0n) is 9.77. The average molecular weight is 237 g/mol. The molecule has 0 fully saturated rings. The molecule has 2 unspecified atom stereocenters. The molecule has 3 rings (SSSR count). The van der Waals surface area contributed by atoms with Crippen molar-refractivity contribution in [2.24, 2.45) is 5.73 Å². The number of nitrogens with two attached hydrogens (primary N) is 1. The van der Waals surface area contributed by atoms with E-state index in [9.17, 15) is 5.26 Å².